The molecule has 0 bridgehead atoms. The van der Waals surface area contributed by atoms with Crippen LogP contribution >= 0.6 is 11.3 Å². The third-order valence-electron chi connectivity index (χ3n) is 4.74. The van der Waals surface area contributed by atoms with E-state index in [1.165, 1.54) is 11.3 Å². The minimum Gasteiger partial charge on any atom is -0.353 e. The van der Waals surface area contributed by atoms with Crippen LogP contribution in [-0.4, -0.2) is 65.6 Å². The van der Waals surface area contributed by atoms with Crippen LogP contribution in [0.4, 0.5) is 5.13 Å². The molecule has 0 aliphatic carbocycles. The van der Waals surface area contributed by atoms with Crippen molar-refractivity contribution in [2.45, 2.75) is 76.4 Å². The van der Waals surface area contributed by atoms with Gasteiger partial charge in [-0.05, 0) is 27.7 Å². The molecule has 5 atom stereocenters. The first-order chi connectivity index (χ1) is 13.6. The topological polar surface area (TPSA) is 117 Å². The van der Waals surface area contributed by atoms with Crippen LogP contribution in [0.25, 0.3) is 0 Å². The Balaban J connectivity index is 1.36. The van der Waals surface area contributed by atoms with Crippen LogP contribution in [0.1, 0.15) is 34.1 Å². The third kappa shape index (κ3) is 4.44. The minimum absolute atomic E-state index is 0.105. The summed E-state index contributed by atoms with van der Waals surface area (Å²) in [5, 5.41) is 7.68. The van der Waals surface area contributed by atoms with Gasteiger partial charge in [0.1, 0.15) is 18.3 Å². The van der Waals surface area contributed by atoms with E-state index >= 15 is 0 Å². The highest BCUT2D eigenvalue weighted by molar-refractivity contribution is 7.13. The Kier molecular flexibility index (Phi) is 5.38. The van der Waals surface area contributed by atoms with Crippen molar-refractivity contribution in [3.05, 3.63) is 11.6 Å². The maximum Gasteiger partial charge on any atom is 0.252 e. The summed E-state index contributed by atoms with van der Waals surface area (Å²) >= 11 is 1.33. The Morgan fingerprint density at radius 3 is 2.48 bits per heavy atom. The molecule has 0 radical (unpaired) electrons. The zero-order valence-electron chi connectivity index (χ0n) is 16.7. The van der Waals surface area contributed by atoms with Gasteiger partial charge in [-0.15, -0.1) is 11.3 Å². The van der Waals surface area contributed by atoms with E-state index in [-0.39, 0.29) is 18.9 Å². The monoisotopic (exact) mass is 427 g/mol. The molecule has 3 saturated heterocycles. The molecule has 160 valence electrons. The van der Waals surface area contributed by atoms with Gasteiger partial charge in [0.15, 0.2) is 29.1 Å². The second-order valence-corrected chi connectivity index (χ2v) is 8.91. The summed E-state index contributed by atoms with van der Waals surface area (Å²) in [5.74, 6) is -2.36. The number of amides is 2. The normalized spacial score (nSPS) is 34.3. The molecule has 0 spiro atoms. The fourth-order valence-electron chi connectivity index (χ4n) is 3.69. The summed E-state index contributed by atoms with van der Waals surface area (Å²) in [6, 6.07) is 0. The lowest BCUT2D eigenvalue weighted by Crippen LogP contribution is -2.59. The number of anilines is 1. The molecule has 10 nitrogen and oxygen atoms in total. The Morgan fingerprint density at radius 2 is 1.76 bits per heavy atom. The van der Waals surface area contributed by atoms with Crippen LogP contribution in [0, 0.1) is 0 Å². The van der Waals surface area contributed by atoms with Crippen molar-refractivity contribution in [3.63, 3.8) is 0 Å². The number of carbonyl (C=O) groups is 2. The average molecular weight is 427 g/mol. The van der Waals surface area contributed by atoms with E-state index in [2.05, 4.69) is 15.6 Å². The zero-order chi connectivity index (χ0) is 20.8. The van der Waals surface area contributed by atoms with Gasteiger partial charge in [-0.2, -0.15) is 0 Å². The van der Waals surface area contributed by atoms with E-state index in [0.29, 0.717) is 5.13 Å². The van der Waals surface area contributed by atoms with Gasteiger partial charge in [0.2, 0.25) is 5.91 Å². The summed E-state index contributed by atoms with van der Waals surface area (Å²) in [5.41, 5.74) is 0. The Morgan fingerprint density at radius 1 is 1.07 bits per heavy atom. The van der Waals surface area contributed by atoms with E-state index in [1.807, 2.05) is 0 Å². The quantitative estimate of drug-likeness (QED) is 0.714. The molecule has 4 rings (SSSR count). The fourth-order valence-corrected chi connectivity index (χ4v) is 4.24. The summed E-state index contributed by atoms with van der Waals surface area (Å²) in [4.78, 5) is 28.7. The number of ether oxygens (including phenoxy) is 5. The number of rotatable bonds is 5. The second kappa shape index (κ2) is 7.56. The van der Waals surface area contributed by atoms with Gasteiger partial charge in [0.05, 0.1) is 0 Å². The second-order valence-electron chi connectivity index (χ2n) is 8.02. The molecular weight excluding hydrogens is 402 g/mol. The maximum absolute atomic E-state index is 12.8. The van der Waals surface area contributed by atoms with Gasteiger partial charge in [-0.3, -0.25) is 9.59 Å². The number of thiazole rings is 1. The van der Waals surface area contributed by atoms with Gasteiger partial charge in [0.25, 0.3) is 5.91 Å². The zero-order valence-corrected chi connectivity index (χ0v) is 17.5. The SMILES string of the molecule is CC1(C)O[C@@H]2[C@@H](O1)[C@H](C(=O)NCCC(=O)Nc1nccs1)O[C@H]1OC(C)(C)O[C@@H]12. The number of nitrogens with zero attached hydrogens (tertiary/aromatic N) is 1. The van der Waals surface area contributed by atoms with E-state index < -0.39 is 48.2 Å². The summed E-state index contributed by atoms with van der Waals surface area (Å²) in [7, 11) is 0. The molecule has 3 fully saturated rings. The molecule has 4 heterocycles. The molecule has 11 heteroatoms. The summed E-state index contributed by atoms with van der Waals surface area (Å²) in [6.45, 7) is 7.26. The summed E-state index contributed by atoms with van der Waals surface area (Å²) in [6.07, 6.45) is -1.62. The van der Waals surface area contributed by atoms with E-state index in [0.717, 1.165) is 0 Å². The van der Waals surface area contributed by atoms with E-state index in [1.54, 1.807) is 39.3 Å². The number of aromatic nitrogens is 1. The van der Waals surface area contributed by atoms with Crippen LogP contribution < -0.4 is 10.6 Å². The molecule has 0 unspecified atom stereocenters. The van der Waals surface area contributed by atoms with Crippen LogP contribution in [0.3, 0.4) is 0 Å². The molecule has 0 aromatic carbocycles. The molecule has 1 aromatic heterocycles. The lowest BCUT2D eigenvalue weighted by Gasteiger charge is -2.36. The van der Waals surface area contributed by atoms with Crippen LogP contribution in [0.15, 0.2) is 11.6 Å². The van der Waals surface area contributed by atoms with Gasteiger partial charge in [-0.1, -0.05) is 0 Å². The molecule has 0 saturated carbocycles. The molecule has 1 aromatic rings. The van der Waals surface area contributed by atoms with Gasteiger partial charge in [0, 0.05) is 24.5 Å². The van der Waals surface area contributed by atoms with Crippen molar-refractivity contribution in [2.24, 2.45) is 0 Å². The minimum atomic E-state index is -0.942. The number of fused-ring (bicyclic) bond motifs is 3. The number of hydrogen-bond acceptors (Lipinski definition) is 9. The highest BCUT2D eigenvalue weighted by Crippen LogP contribution is 2.44. The van der Waals surface area contributed by atoms with Crippen LogP contribution in [0.2, 0.25) is 0 Å². The van der Waals surface area contributed by atoms with Crippen LogP contribution in [-0.2, 0) is 33.3 Å². The maximum atomic E-state index is 12.8. The van der Waals surface area contributed by atoms with Crippen molar-refractivity contribution in [1.29, 1.82) is 0 Å². The van der Waals surface area contributed by atoms with Crippen molar-refractivity contribution in [1.82, 2.24) is 10.3 Å². The molecule has 3 aliphatic heterocycles. The Bertz CT molecular complexity index is 770. The molecule has 2 amide bonds. The standard InChI is InChI=1S/C18H25N3O7S/c1-17(2)25-10-11(26-17)13-15(28-18(3,4)27-13)24-12(10)14(23)19-6-5-9(22)21-16-20-7-8-29-16/h7-8,10-13,15H,5-6H2,1-4H3,(H,19,23)(H,20,21,22)/t10-,11-,12-,13-,15+/m1/s1. The lowest BCUT2D eigenvalue weighted by atomic mass is 9.98. The first-order valence-corrected chi connectivity index (χ1v) is 10.4. The predicted molar refractivity (Wildman–Crippen MR) is 101 cm³/mol. The van der Waals surface area contributed by atoms with Crippen molar-refractivity contribution < 1.29 is 33.3 Å². The van der Waals surface area contributed by atoms with Crippen LogP contribution in [0.5, 0.6) is 0 Å². The summed E-state index contributed by atoms with van der Waals surface area (Å²) < 4.78 is 29.5. The van der Waals surface area contributed by atoms with Gasteiger partial charge in [-0.25, -0.2) is 4.98 Å². The first kappa shape index (κ1) is 20.6. The number of hydrogen-bond donors (Lipinski definition) is 2. The lowest BCUT2D eigenvalue weighted by molar-refractivity contribution is -0.231. The van der Waals surface area contributed by atoms with Crippen molar-refractivity contribution in [3.8, 4) is 0 Å². The molecule has 29 heavy (non-hydrogen) atoms. The molecular formula is C18H25N3O7S. The smallest absolute Gasteiger partial charge is 0.252 e. The average Bonchev–Trinajstić information content (AvgIpc) is 3.29. The predicted octanol–water partition coefficient (Wildman–Crippen LogP) is 0.984. The number of carbonyl (C=O) groups excluding carboxylic acids is 2. The highest BCUT2D eigenvalue weighted by Gasteiger charge is 2.62. The third-order valence-corrected chi connectivity index (χ3v) is 5.43. The van der Waals surface area contributed by atoms with E-state index in [9.17, 15) is 9.59 Å². The van der Waals surface area contributed by atoms with Gasteiger partial charge < -0.3 is 34.3 Å². The van der Waals surface area contributed by atoms with Gasteiger partial charge >= 0.3 is 0 Å². The van der Waals surface area contributed by atoms with Crippen molar-refractivity contribution >= 4 is 28.3 Å². The molecule has 3 aliphatic rings. The molecule has 2 N–H and O–H groups in total. The van der Waals surface area contributed by atoms with Crippen molar-refractivity contribution in [2.75, 3.05) is 11.9 Å². The first-order valence-electron chi connectivity index (χ1n) is 9.47. The number of nitrogens with one attached hydrogen (secondary N) is 2. The Hall–Kier alpha value is -1.63. The highest BCUT2D eigenvalue weighted by atomic mass is 32.1. The largest absolute Gasteiger partial charge is 0.353 e. The fraction of sp³-hybridized carbons (Fsp3) is 0.722. The Labute approximate surface area is 172 Å². The van der Waals surface area contributed by atoms with E-state index in [4.69, 9.17) is 23.7 Å².